The molecule has 0 aliphatic carbocycles. The summed E-state index contributed by atoms with van der Waals surface area (Å²) < 4.78 is 42.5. The number of alkyl halides is 3. The molecule has 0 saturated carbocycles. The van der Waals surface area contributed by atoms with Gasteiger partial charge in [-0.25, -0.2) is 14.5 Å². The maximum atomic E-state index is 12.4. The lowest BCUT2D eigenvalue weighted by molar-refractivity contribution is -0.274. The summed E-state index contributed by atoms with van der Waals surface area (Å²) in [5, 5.41) is 7.79. The summed E-state index contributed by atoms with van der Waals surface area (Å²) in [4.78, 5) is 17.8. The molecule has 0 saturated heterocycles. The zero-order chi connectivity index (χ0) is 28.9. The molecule has 0 aliphatic heterocycles. The number of ether oxygens (including phenoxy) is 1. The van der Waals surface area contributed by atoms with Gasteiger partial charge in [0, 0.05) is 17.8 Å². The molecular weight excluding hydrogens is 541 g/mol. The standard InChI is InChI=1S/C28H27F3N6O2S/c1-18(2)23-5-3-4-6-24(23)34-27(40)36(26(32)38)16-15-19-7-9-20(10-8-19)25-33-17-37(35-25)21-11-13-22(14-12-21)39-28(29,30)31/h3-14,17-18H,15-16H2,1-2H3,(H2,32,38)(H,34,40). The second-order valence-corrected chi connectivity index (χ2v) is 9.55. The predicted molar refractivity (Wildman–Crippen MR) is 150 cm³/mol. The van der Waals surface area contributed by atoms with E-state index in [2.05, 4.69) is 34.0 Å². The fourth-order valence-corrected chi connectivity index (χ4v) is 4.28. The van der Waals surface area contributed by atoms with Crippen LogP contribution in [0.4, 0.5) is 23.7 Å². The van der Waals surface area contributed by atoms with Crippen molar-refractivity contribution in [3.05, 3.63) is 90.3 Å². The van der Waals surface area contributed by atoms with Crippen molar-refractivity contribution >= 4 is 29.0 Å². The van der Waals surface area contributed by atoms with E-state index >= 15 is 0 Å². The molecule has 8 nitrogen and oxygen atoms in total. The van der Waals surface area contributed by atoms with E-state index < -0.39 is 12.4 Å². The van der Waals surface area contributed by atoms with Crippen molar-refractivity contribution in [2.45, 2.75) is 32.5 Å². The van der Waals surface area contributed by atoms with Crippen LogP contribution in [0.1, 0.15) is 30.9 Å². The number of para-hydroxylation sites is 1. The second kappa shape index (κ2) is 12.2. The molecule has 0 fully saturated rings. The summed E-state index contributed by atoms with van der Waals surface area (Å²) in [6.07, 6.45) is -2.78. The third-order valence-electron chi connectivity index (χ3n) is 6.00. The normalized spacial score (nSPS) is 11.3. The van der Waals surface area contributed by atoms with Crippen LogP contribution in [0.3, 0.4) is 0 Å². The molecule has 12 heteroatoms. The average molecular weight is 569 g/mol. The lowest BCUT2D eigenvalue weighted by Gasteiger charge is -2.23. The van der Waals surface area contributed by atoms with Crippen molar-refractivity contribution < 1.29 is 22.7 Å². The van der Waals surface area contributed by atoms with Gasteiger partial charge in [-0.05, 0) is 66.0 Å². The van der Waals surface area contributed by atoms with Crippen molar-refractivity contribution in [1.82, 2.24) is 19.7 Å². The molecule has 0 atom stereocenters. The van der Waals surface area contributed by atoms with E-state index in [-0.39, 0.29) is 23.3 Å². The van der Waals surface area contributed by atoms with E-state index in [1.807, 2.05) is 48.5 Å². The van der Waals surface area contributed by atoms with Gasteiger partial charge in [0.2, 0.25) is 0 Å². The van der Waals surface area contributed by atoms with E-state index in [9.17, 15) is 18.0 Å². The van der Waals surface area contributed by atoms with Gasteiger partial charge in [0.25, 0.3) is 0 Å². The van der Waals surface area contributed by atoms with E-state index in [0.29, 0.717) is 17.9 Å². The number of benzene rings is 3. The first-order valence-electron chi connectivity index (χ1n) is 12.3. The Bertz CT molecular complexity index is 1470. The average Bonchev–Trinajstić information content (AvgIpc) is 3.39. The lowest BCUT2D eigenvalue weighted by Crippen LogP contribution is -2.44. The molecule has 208 valence electrons. The highest BCUT2D eigenvalue weighted by Gasteiger charge is 2.31. The van der Waals surface area contributed by atoms with Crippen molar-refractivity contribution in [3.63, 3.8) is 0 Å². The Kier molecular flexibility index (Phi) is 8.68. The highest BCUT2D eigenvalue weighted by molar-refractivity contribution is 7.80. The number of carbonyl (C=O) groups excluding carboxylic acids is 1. The number of nitrogens with zero attached hydrogens (tertiary/aromatic N) is 4. The molecule has 3 aromatic carbocycles. The van der Waals surface area contributed by atoms with E-state index in [4.69, 9.17) is 18.0 Å². The minimum atomic E-state index is -4.76. The third kappa shape index (κ3) is 7.35. The molecule has 40 heavy (non-hydrogen) atoms. The quantitative estimate of drug-likeness (QED) is 0.243. The molecule has 2 amide bonds. The molecule has 1 heterocycles. The highest BCUT2D eigenvalue weighted by Crippen LogP contribution is 2.25. The fraction of sp³-hybridized carbons (Fsp3) is 0.214. The van der Waals surface area contributed by atoms with Gasteiger partial charge in [-0.2, -0.15) is 0 Å². The number of nitrogens with one attached hydrogen (secondary N) is 1. The topological polar surface area (TPSA) is 98.3 Å². The van der Waals surface area contributed by atoms with Crippen LogP contribution in [-0.4, -0.2) is 43.7 Å². The van der Waals surface area contributed by atoms with Gasteiger partial charge in [0.05, 0.1) is 5.69 Å². The zero-order valence-electron chi connectivity index (χ0n) is 21.7. The Morgan fingerprint density at radius 1 is 1.07 bits per heavy atom. The maximum Gasteiger partial charge on any atom is 0.573 e. The van der Waals surface area contributed by atoms with Crippen molar-refractivity contribution in [1.29, 1.82) is 0 Å². The Morgan fingerprint density at radius 3 is 2.38 bits per heavy atom. The Balaban J connectivity index is 1.38. The first-order chi connectivity index (χ1) is 19.0. The SMILES string of the molecule is CC(C)c1ccccc1NC(=S)N(CCc1ccc(-c2ncn(-c3ccc(OC(F)(F)F)cc3)n2)cc1)C(N)=O. The second-order valence-electron chi connectivity index (χ2n) is 9.16. The molecule has 3 N–H and O–H groups in total. The number of halogens is 3. The van der Waals surface area contributed by atoms with Crippen LogP contribution >= 0.6 is 12.2 Å². The van der Waals surface area contributed by atoms with Crippen molar-refractivity contribution in [2.75, 3.05) is 11.9 Å². The number of hydrogen-bond donors (Lipinski definition) is 2. The Labute approximate surface area is 234 Å². The first kappa shape index (κ1) is 28.6. The van der Waals surface area contributed by atoms with Crippen LogP contribution in [-0.2, 0) is 6.42 Å². The number of hydrogen-bond acceptors (Lipinski definition) is 5. The number of amides is 2. The number of primary amides is 1. The number of urea groups is 1. The number of rotatable bonds is 8. The molecular formula is C28H27F3N6O2S. The van der Waals surface area contributed by atoms with Crippen LogP contribution in [0.2, 0.25) is 0 Å². The van der Waals surface area contributed by atoms with Gasteiger partial charge in [0.1, 0.15) is 12.1 Å². The largest absolute Gasteiger partial charge is 0.573 e. The summed E-state index contributed by atoms with van der Waals surface area (Å²) in [5.74, 6) is 0.389. The summed E-state index contributed by atoms with van der Waals surface area (Å²) in [6, 6.07) is 19.9. The predicted octanol–water partition coefficient (Wildman–Crippen LogP) is 6.28. The number of anilines is 1. The molecule has 4 aromatic rings. The molecule has 0 spiro atoms. The minimum Gasteiger partial charge on any atom is -0.406 e. The highest BCUT2D eigenvalue weighted by atomic mass is 32.1. The molecule has 0 aliphatic rings. The van der Waals surface area contributed by atoms with Gasteiger partial charge in [-0.3, -0.25) is 4.90 Å². The summed E-state index contributed by atoms with van der Waals surface area (Å²) >= 11 is 5.49. The van der Waals surface area contributed by atoms with Crippen LogP contribution in [0.5, 0.6) is 5.75 Å². The lowest BCUT2D eigenvalue weighted by atomic mass is 10.0. The Hall–Kier alpha value is -4.45. The van der Waals surface area contributed by atoms with E-state index in [1.54, 1.807) is 0 Å². The van der Waals surface area contributed by atoms with Crippen molar-refractivity contribution in [2.24, 2.45) is 5.73 Å². The molecule has 0 unspecified atom stereocenters. The van der Waals surface area contributed by atoms with E-state index in [1.165, 1.54) is 40.2 Å². The maximum absolute atomic E-state index is 12.4. The molecule has 4 rings (SSSR count). The number of aromatic nitrogens is 3. The summed E-state index contributed by atoms with van der Waals surface area (Å²) in [7, 11) is 0. The van der Waals surface area contributed by atoms with Gasteiger partial charge in [0.15, 0.2) is 10.9 Å². The van der Waals surface area contributed by atoms with Gasteiger partial charge >= 0.3 is 12.4 Å². The number of carbonyl (C=O) groups is 1. The smallest absolute Gasteiger partial charge is 0.406 e. The van der Waals surface area contributed by atoms with Crippen molar-refractivity contribution in [3.8, 4) is 22.8 Å². The minimum absolute atomic E-state index is 0.227. The van der Waals surface area contributed by atoms with Crippen LogP contribution in [0.25, 0.3) is 17.1 Å². The zero-order valence-corrected chi connectivity index (χ0v) is 22.5. The number of nitrogens with two attached hydrogens (primary N) is 1. The molecule has 0 radical (unpaired) electrons. The fourth-order valence-electron chi connectivity index (χ4n) is 3.99. The molecule has 0 bridgehead atoms. The molecule has 1 aromatic heterocycles. The summed E-state index contributed by atoms with van der Waals surface area (Å²) in [5.41, 5.74) is 9.74. The van der Waals surface area contributed by atoms with Gasteiger partial charge < -0.3 is 15.8 Å². The van der Waals surface area contributed by atoms with Crippen LogP contribution in [0, 0.1) is 0 Å². The number of thiocarbonyl (C=S) groups is 1. The summed E-state index contributed by atoms with van der Waals surface area (Å²) in [6.45, 7) is 4.44. The third-order valence-corrected chi connectivity index (χ3v) is 6.32. The van der Waals surface area contributed by atoms with Crippen LogP contribution in [0.15, 0.2) is 79.1 Å². The first-order valence-corrected chi connectivity index (χ1v) is 12.7. The Morgan fingerprint density at radius 2 is 1.75 bits per heavy atom. The van der Waals surface area contributed by atoms with Gasteiger partial charge in [-0.1, -0.05) is 56.3 Å². The van der Waals surface area contributed by atoms with Crippen LogP contribution < -0.4 is 15.8 Å². The van der Waals surface area contributed by atoms with E-state index in [0.717, 1.165) is 22.4 Å². The monoisotopic (exact) mass is 568 g/mol. The van der Waals surface area contributed by atoms with Gasteiger partial charge in [-0.15, -0.1) is 18.3 Å².